The molecule has 0 spiro atoms. The van der Waals surface area contributed by atoms with Crippen molar-refractivity contribution in [1.29, 1.82) is 0 Å². The highest BCUT2D eigenvalue weighted by molar-refractivity contribution is 5.92. The average Bonchev–Trinajstić information content (AvgIpc) is 2.54. The van der Waals surface area contributed by atoms with Gasteiger partial charge in [0.25, 0.3) is 0 Å². The Labute approximate surface area is 161 Å². The van der Waals surface area contributed by atoms with E-state index in [9.17, 15) is 28.8 Å². The maximum atomic E-state index is 9.97. The topological polar surface area (TPSA) is 224 Å². The van der Waals surface area contributed by atoms with E-state index < -0.39 is 47.7 Å². The van der Waals surface area contributed by atoms with E-state index in [-0.39, 0.29) is 12.8 Å². The van der Waals surface area contributed by atoms with Gasteiger partial charge < -0.3 is 30.6 Å². The third-order valence-corrected chi connectivity index (χ3v) is 2.41. The summed E-state index contributed by atoms with van der Waals surface area (Å²) in [6, 6.07) is 0. The number of hydrogen-bond acceptors (Lipinski definition) is 6. The van der Waals surface area contributed by atoms with Gasteiger partial charge >= 0.3 is 35.8 Å². The summed E-state index contributed by atoms with van der Waals surface area (Å²) in [5.41, 5.74) is 0. The predicted molar refractivity (Wildman–Crippen MR) is 94.0 cm³/mol. The van der Waals surface area contributed by atoms with Gasteiger partial charge in [-0.1, -0.05) is 20.8 Å². The van der Waals surface area contributed by atoms with E-state index >= 15 is 0 Å². The van der Waals surface area contributed by atoms with Crippen LogP contribution in [0.3, 0.4) is 0 Å². The van der Waals surface area contributed by atoms with E-state index in [1.165, 1.54) is 6.92 Å². The fourth-order valence-electron chi connectivity index (χ4n) is 0.669. The lowest BCUT2D eigenvalue weighted by atomic mass is 10.1. The molecule has 0 rings (SSSR count). The SMILES string of the molecule is CC(C(=O)O)C(=O)O.CC(CC(=O)O)C(=O)O.CCC(=O)O.CCCC(=O)O. The molecular weight excluding hydrogens is 384 g/mol. The molecule has 0 aromatic heterocycles. The summed E-state index contributed by atoms with van der Waals surface area (Å²) in [5.74, 6) is -8.31. The largest absolute Gasteiger partial charge is 0.481 e. The summed E-state index contributed by atoms with van der Waals surface area (Å²) in [4.78, 5) is 58.3. The van der Waals surface area contributed by atoms with Gasteiger partial charge in [0.1, 0.15) is 0 Å². The first-order valence-corrected chi connectivity index (χ1v) is 7.97. The van der Waals surface area contributed by atoms with Crippen molar-refractivity contribution in [3.05, 3.63) is 0 Å². The molecule has 0 fully saturated rings. The van der Waals surface area contributed by atoms with Crippen LogP contribution in [0.15, 0.2) is 0 Å². The molecule has 0 amide bonds. The highest BCUT2D eigenvalue weighted by atomic mass is 16.4. The van der Waals surface area contributed by atoms with Crippen LogP contribution in [0.5, 0.6) is 0 Å². The Balaban J connectivity index is -0.000000141. The molecular formula is C16H28O12. The van der Waals surface area contributed by atoms with Crippen LogP contribution in [-0.4, -0.2) is 66.5 Å². The molecule has 0 aliphatic carbocycles. The van der Waals surface area contributed by atoms with Crippen molar-refractivity contribution in [2.45, 2.75) is 53.4 Å². The highest BCUT2D eigenvalue weighted by Crippen LogP contribution is 1.99. The van der Waals surface area contributed by atoms with Crippen molar-refractivity contribution in [2.24, 2.45) is 11.8 Å². The highest BCUT2D eigenvalue weighted by Gasteiger charge is 2.18. The number of rotatable bonds is 8. The number of carboxylic acids is 6. The lowest BCUT2D eigenvalue weighted by molar-refractivity contribution is -0.153. The molecule has 164 valence electrons. The minimum absolute atomic E-state index is 0.222. The summed E-state index contributed by atoms with van der Waals surface area (Å²) < 4.78 is 0. The quantitative estimate of drug-likeness (QED) is 0.310. The molecule has 0 aromatic rings. The summed E-state index contributed by atoms with van der Waals surface area (Å²) >= 11 is 0. The van der Waals surface area contributed by atoms with Crippen molar-refractivity contribution in [3.63, 3.8) is 0 Å². The monoisotopic (exact) mass is 412 g/mol. The fraction of sp³-hybridized carbons (Fsp3) is 0.625. The smallest absolute Gasteiger partial charge is 0.317 e. The minimum Gasteiger partial charge on any atom is -0.481 e. The Morgan fingerprint density at radius 3 is 1.04 bits per heavy atom. The second kappa shape index (κ2) is 20.1. The van der Waals surface area contributed by atoms with Crippen LogP contribution in [-0.2, 0) is 28.8 Å². The molecule has 0 saturated carbocycles. The average molecular weight is 412 g/mol. The van der Waals surface area contributed by atoms with Gasteiger partial charge in [-0.2, -0.15) is 0 Å². The first-order chi connectivity index (χ1) is 12.6. The zero-order chi connectivity index (χ0) is 23.4. The lowest BCUT2D eigenvalue weighted by Gasteiger charge is -1.98. The molecule has 0 heterocycles. The van der Waals surface area contributed by atoms with Gasteiger partial charge in [0.15, 0.2) is 5.92 Å². The van der Waals surface area contributed by atoms with Crippen LogP contribution in [0.1, 0.15) is 53.4 Å². The molecule has 0 aromatic carbocycles. The number of hydrogen-bond donors (Lipinski definition) is 6. The van der Waals surface area contributed by atoms with Crippen LogP contribution in [0.2, 0.25) is 0 Å². The molecule has 1 unspecified atom stereocenters. The molecule has 6 N–H and O–H groups in total. The first kappa shape index (κ1) is 32.5. The van der Waals surface area contributed by atoms with Crippen LogP contribution >= 0.6 is 0 Å². The molecule has 0 radical (unpaired) electrons. The van der Waals surface area contributed by atoms with Crippen molar-refractivity contribution >= 4 is 35.8 Å². The van der Waals surface area contributed by atoms with E-state index in [2.05, 4.69) is 0 Å². The van der Waals surface area contributed by atoms with E-state index in [0.29, 0.717) is 6.42 Å². The van der Waals surface area contributed by atoms with Crippen LogP contribution < -0.4 is 0 Å². The third-order valence-electron chi connectivity index (χ3n) is 2.41. The van der Waals surface area contributed by atoms with Gasteiger partial charge in [-0.3, -0.25) is 28.8 Å². The van der Waals surface area contributed by atoms with Gasteiger partial charge in [0.2, 0.25) is 0 Å². The first-order valence-electron chi connectivity index (χ1n) is 7.97. The van der Waals surface area contributed by atoms with Gasteiger partial charge in [-0.25, -0.2) is 0 Å². The van der Waals surface area contributed by atoms with E-state index in [0.717, 1.165) is 13.3 Å². The van der Waals surface area contributed by atoms with Crippen LogP contribution in [0.4, 0.5) is 0 Å². The Kier molecular flexibility index (Phi) is 23.4. The third kappa shape index (κ3) is 34.2. The second-order valence-electron chi connectivity index (χ2n) is 5.13. The summed E-state index contributed by atoms with van der Waals surface area (Å²) in [6.07, 6.45) is 0.935. The zero-order valence-corrected chi connectivity index (χ0v) is 16.1. The fourth-order valence-corrected chi connectivity index (χ4v) is 0.669. The van der Waals surface area contributed by atoms with E-state index in [1.807, 2.05) is 6.92 Å². The minimum atomic E-state index is -1.31. The maximum absolute atomic E-state index is 9.97. The zero-order valence-electron chi connectivity index (χ0n) is 16.1. The molecule has 0 aliphatic rings. The molecule has 0 bridgehead atoms. The molecule has 0 aliphatic heterocycles. The maximum Gasteiger partial charge on any atom is 0.317 e. The second-order valence-corrected chi connectivity index (χ2v) is 5.13. The lowest BCUT2D eigenvalue weighted by Crippen LogP contribution is -2.19. The summed E-state index contributed by atoms with van der Waals surface area (Å²) in [5, 5.41) is 47.8. The molecule has 1 atom stereocenters. The van der Waals surface area contributed by atoms with Crippen LogP contribution in [0.25, 0.3) is 0 Å². The standard InChI is InChI=1S/C5H8O4.C4H6O4.C4H8O2.C3H6O2/c1-3(5(8)9)2-4(6)7;1-2(3(5)6)4(7)8;1-2-3-4(5)6;1-2-3(4)5/h3H,2H2,1H3,(H,6,7)(H,8,9);2H,1H3,(H,5,6)(H,7,8);2-3H2,1H3,(H,5,6);2H2,1H3,(H,4,5). The van der Waals surface area contributed by atoms with Gasteiger partial charge in [0.05, 0.1) is 12.3 Å². The van der Waals surface area contributed by atoms with Crippen molar-refractivity contribution in [1.82, 2.24) is 0 Å². The van der Waals surface area contributed by atoms with Gasteiger partial charge in [-0.15, -0.1) is 0 Å². The van der Waals surface area contributed by atoms with Gasteiger partial charge in [0, 0.05) is 12.8 Å². The molecule has 12 nitrogen and oxygen atoms in total. The molecule has 0 saturated heterocycles. The molecule has 12 heteroatoms. The Morgan fingerprint density at radius 1 is 0.643 bits per heavy atom. The van der Waals surface area contributed by atoms with E-state index in [4.69, 9.17) is 30.6 Å². The Morgan fingerprint density at radius 2 is 1.00 bits per heavy atom. The molecule has 28 heavy (non-hydrogen) atoms. The van der Waals surface area contributed by atoms with Gasteiger partial charge in [-0.05, 0) is 13.3 Å². The normalized spacial score (nSPS) is 9.75. The summed E-state index contributed by atoms with van der Waals surface area (Å²) in [6.45, 7) is 5.91. The number of carbonyl (C=O) groups is 6. The van der Waals surface area contributed by atoms with Crippen molar-refractivity contribution in [3.8, 4) is 0 Å². The van der Waals surface area contributed by atoms with Crippen LogP contribution in [0, 0.1) is 11.8 Å². The summed E-state index contributed by atoms with van der Waals surface area (Å²) in [7, 11) is 0. The number of carboxylic acid groups (broad SMARTS) is 6. The number of aliphatic carboxylic acids is 6. The Bertz CT molecular complexity index is 498. The Hall–Kier alpha value is -3.18. The predicted octanol–water partition coefficient (Wildman–Crippen LogP) is 1.33. The van der Waals surface area contributed by atoms with Crippen molar-refractivity contribution < 1.29 is 59.4 Å². The van der Waals surface area contributed by atoms with E-state index in [1.54, 1.807) is 6.92 Å². The van der Waals surface area contributed by atoms with Crippen molar-refractivity contribution in [2.75, 3.05) is 0 Å².